The first kappa shape index (κ1) is 10.4. The van der Waals surface area contributed by atoms with Crippen LogP contribution in [0.1, 0.15) is 13.8 Å². The molecular weight excluding hydrogens is 198 g/mol. The fourth-order valence-corrected chi connectivity index (χ4v) is 1.90. The molecule has 0 aromatic rings. The van der Waals surface area contributed by atoms with Gasteiger partial charge in [0, 0.05) is 4.91 Å². The van der Waals surface area contributed by atoms with Gasteiger partial charge in [0.15, 0.2) is 12.1 Å². The number of hydrogen-bond acceptors (Lipinski definition) is 4. The van der Waals surface area contributed by atoms with Crippen LogP contribution in [0.4, 0.5) is 0 Å². The van der Waals surface area contributed by atoms with E-state index < -0.39 is 18.1 Å². The molecule has 0 aromatic heterocycles. The Morgan fingerprint density at radius 2 is 2.20 bits per heavy atom. The summed E-state index contributed by atoms with van der Waals surface area (Å²) >= 11 is 0. The van der Waals surface area contributed by atoms with Gasteiger partial charge in [0.2, 0.25) is 0 Å². The Morgan fingerprint density at radius 1 is 1.47 bits per heavy atom. The van der Waals surface area contributed by atoms with E-state index in [4.69, 9.17) is 19.7 Å². The van der Waals surface area contributed by atoms with Crippen LogP contribution < -0.4 is 0 Å². The molecule has 6 nitrogen and oxygen atoms in total. The summed E-state index contributed by atoms with van der Waals surface area (Å²) in [5.74, 6) is -0.690. The Hall–Kier alpha value is -1.07. The molecule has 2 fully saturated rings. The molecule has 0 aromatic carbocycles. The largest absolute Gasteiger partial charge is 0.342 e. The molecule has 2 heterocycles. The zero-order chi connectivity index (χ0) is 11.1. The molecule has 15 heavy (non-hydrogen) atoms. The van der Waals surface area contributed by atoms with Gasteiger partial charge in [-0.25, -0.2) is 0 Å². The summed E-state index contributed by atoms with van der Waals surface area (Å²) in [6, 6.07) is -0.403. The summed E-state index contributed by atoms with van der Waals surface area (Å²) in [4.78, 5) is 2.79. The van der Waals surface area contributed by atoms with E-state index in [2.05, 4.69) is 16.6 Å². The third kappa shape index (κ3) is 1.72. The van der Waals surface area contributed by atoms with Gasteiger partial charge in [-0.3, -0.25) is 0 Å². The molecule has 4 atom stereocenters. The molecule has 2 saturated heterocycles. The number of fused-ring (bicyclic) bond motifs is 1. The van der Waals surface area contributed by atoms with Crippen LogP contribution >= 0.6 is 0 Å². The Bertz CT molecular complexity index is 325. The number of rotatable bonds is 2. The summed E-state index contributed by atoms with van der Waals surface area (Å²) < 4.78 is 16.6. The minimum absolute atomic E-state index is 0.341. The second kappa shape index (κ2) is 3.50. The minimum Gasteiger partial charge on any atom is -0.342 e. The summed E-state index contributed by atoms with van der Waals surface area (Å²) in [6.45, 7) is 7.21. The summed E-state index contributed by atoms with van der Waals surface area (Å²) in [6.07, 6.45) is 0.432. The van der Waals surface area contributed by atoms with Gasteiger partial charge in [-0.05, 0) is 19.4 Å². The van der Waals surface area contributed by atoms with E-state index in [-0.39, 0.29) is 12.2 Å². The topological polar surface area (TPSA) is 76.5 Å². The second-order valence-electron chi connectivity index (χ2n) is 4.00. The maximum Gasteiger partial charge on any atom is 0.188 e. The van der Waals surface area contributed by atoms with Gasteiger partial charge in [-0.1, -0.05) is 11.2 Å². The third-order valence-electron chi connectivity index (χ3n) is 2.47. The Balaban J connectivity index is 2.20. The van der Waals surface area contributed by atoms with Crippen molar-refractivity contribution in [3.05, 3.63) is 23.1 Å². The van der Waals surface area contributed by atoms with Gasteiger partial charge in [-0.15, -0.1) is 6.58 Å². The fourth-order valence-electron chi connectivity index (χ4n) is 1.90. The van der Waals surface area contributed by atoms with Crippen molar-refractivity contribution in [2.75, 3.05) is 0 Å². The van der Waals surface area contributed by atoms with Crippen LogP contribution in [-0.2, 0) is 14.2 Å². The lowest BCUT2D eigenvalue weighted by Gasteiger charge is -2.21. The van der Waals surface area contributed by atoms with E-state index in [1.54, 1.807) is 19.9 Å². The summed E-state index contributed by atoms with van der Waals surface area (Å²) in [7, 11) is 0. The van der Waals surface area contributed by atoms with Crippen LogP contribution in [0.3, 0.4) is 0 Å². The average molecular weight is 211 g/mol. The van der Waals surface area contributed by atoms with Gasteiger partial charge < -0.3 is 14.2 Å². The monoisotopic (exact) mass is 211 g/mol. The zero-order valence-corrected chi connectivity index (χ0v) is 8.66. The van der Waals surface area contributed by atoms with Crippen LogP contribution in [0.15, 0.2) is 17.8 Å². The van der Waals surface area contributed by atoms with Crippen molar-refractivity contribution >= 4 is 0 Å². The van der Waals surface area contributed by atoms with Crippen molar-refractivity contribution in [1.29, 1.82) is 0 Å². The second-order valence-corrected chi connectivity index (χ2v) is 4.00. The molecule has 0 spiro atoms. The van der Waals surface area contributed by atoms with Crippen LogP contribution in [0.2, 0.25) is 0 Å². The maximum absolute atomic E-state index is 8.46. The number of hydrogen-bond donors (Lipinski definition) is 0. The predicted molar refractivity (Wildman–Crippen MR) is 51.8 cm³/mol. The number of ether oxygens (including phenoxy) is 3. The van der Waals surface area contributed by atoms with E-state index in [0.29, 0.717) is 0 Å². The van der Waals surface area contributed by atoms with Crippen molar-refractivity contribution in [3.8, 4) is 0 Å². The highest BCUT2D eigenvalue weighted by Gasteiger charge is 2.53. The first-order valence-corrected chi connectivity index (χ1v) is 4.75. The lowest BCUT2D eigenvalue weighted by molar-refractivity contribution is -0.201. The molecule has 0 unspecified atom stereocenters. The molecule has 0 saturated carbocycles. The highest BCUT2D eigenvalue weighted by Crippen LogP contribution is 2.38. The Morgan fingerprint density at radius 3 is 2.80 bits per heavy atom. The summed E-state index contributed by atoms with van der Waals surface area (Å²) in [5, 5.41) is 3.66. The van der Waals surface area contributed by atoms with Gasteiger partial charge in [0.1, 0.15) is 6.10 Å². The zero-order valence-electron chi connectivity index (χ0n) is 8.66. The Kier molecular flexibility index (Phi) is 2.44. The molecular formula is C9H13N3O3. The normalized spacial score (nSPS) is 42.0. The highest BCUT2D eigenvalue weighted by molar-refractivity contribution is 5.04. The SMILES string of the molecule is C=C[C@H]1O[C@@H]2OC(C)(C)O[C@@H]2[C@H]1N=[N+]=[N-]. The van der Waals surface area contributed by atoms with Crippen molar-refractivity contribution in [2.24, 2.45) is 5.11 Å². The molecule has 0 radical (unpaired) electrons. The van der Waals surface area contributed by atoms with Gasteiger partial charge >= 0.3 is 0 Å². The van der Waals surface area contributed by atoms with Crippen LogP contribution in [0.5, 0.6) is 0 Å². The van der Waals surface area contributed by atoms with E-state index in [9.17, 15) is 0 Å². The first-order chi connectivity index (χ1) is 7.07. The molecule has 2 rings (SSSR count). The van der Waals surface area contributed by atoms with Crippen molar-refractivity contribution in [1.82, 2.24) is 0 Å². The number of nitrogens with zero attached hydrogens (tertiary/aromatic N) is 3. The van der Waals surface area contributed by atoms with Crippen molar-refractivity contribution in [2.45, 2.75) is 44.2 Å². The Labute approximate surface area is 87.4 Å². The van der Waals surface area contributed by atoms with Crippen molar-refractivity contribution in [3.63, 3.8) is 0 Å². The minimum atomic E-state index is -0.690. The molecule has 6 heteroatoms. The van der Waals surface area contributed by atoms with E-state index in [1.165, 1.54) is 0 Å². The van der Waals surface area contributed by atoms with E-state index in [0.717, 1.165) is 0 Å². The lowest BCUT2D eigenvalue weighted by atomic mass is 10.1. The molecule has 0 N–H and O–H groups in total. The highest BCUT2D eigenvalue weighted by atomic mass is 16.8. The quantitative estimate of drug-likeness (QED) is 0.302. The molecule has 0 aliphatic carbocycles. The van der Waals surface area contributed by atoms with Crippen molar-refractivity contribution < 1.29 is 14.2 Å². The van der Waals surface area contributed by atoms with Crippen LogP contribution in [0.25, 0.3) is 10.4 Å². The van der Waals surface area contributed by atoms with E-state index >= 15 is 0 Å². The molecule has 82 valence electrons. The molecule has 0 amide bonds. The van der Waals surface area contributed by atoms with Gasteiger partial charge in [0.25, 0.3) is 0 Å². The smallest absolute Gasteiger partial charge is 0.188 e. The first-order valence-electron chi connectivity index (χ1n) is 4.75. The van der Waals surface area contributed by atoms with Gasteiger partial charge in [-0.2, -0.15) is 0 Å². The standard InChI is InChI=1S/C9H13N3O3/c1-4-5-6(11-12-10)7-8(13-5)15-9(2,3)14-7/h4-8H,1H2,2-3H3/t5-,6+,7-,8-/m1/s1. The summed E-state index contributed by atoms with van der Waals surface area (Å²) in [5.41, 5.74) is 8.46. The van der Waals surface area contributed by atoms with Gasteiger partial charge in [0.05, 0.1) is 12.1 Å². The molecule has 2 aliphatic rings. The van der Waals surface area contributed by atoms with Crippen LogP contribution in [-0.4, -0.2) is 30.3 Å². The maximum atomic E-state index is 8.46. The lowest BCUT2D eigenvalue weighted by Crippen LogP contribution is -2.32. The third-order valence-corrected chi connectivity index (χ3v) is 2.47. The molecule has 2 aliphatic heterocycles. The average Bonchev–Trinajstić information content (AvgIpc) is 2.60. The number of azide groups is 1. The molecule has 0 bridgehead atoms. The van der Waals surface area contributed by atoms with E-state index in [1.807, 2.05) is 0 Å². The predicted octanol–water partition coefficient (Wildman–Crippen LogP) is 1.73. The fraction of sp³-hybridized carbons (Fsp3) is 0.778. The van der Waals surface area contributed by atoms with Crippen LogP contribution in [0, 0.1) is 0 Å².